The normalized spacial score (nSPS) is 18.4. The molecule has 2 rings (SSSR count). The largest absolute Gasteiger partial charge is 0.481 e. The topological polar surface area (TPSA) is 224 Å². The summed E-state index contributed by atoms with van der Waals surface area (Å²) in [5.41, 5.74) is 0.693. The van der Waals surface area contributed by atoms with Gasteiger partial charge < -0.3 is 45.4 Å². The molecule has 1 saturated heterocycles. The molecular formula is C46H76N6O11. The molecule has 0 radical (unpaired) electrons. The number of nitrogens with zero attached hydrogens (tertiary/aromatic N) is 3. The third-order valence-electron chi connectivity index (χ3n) is 12.5. The van der Waals surface area contributed by atoms with Gasteiger partial charge in [0, 0.05) is 40.7 Å². The summed E-state index contributed by atoms with van der Waals surface area (Å²) in [7, 11) is 6.54. The first-order valence-electron chi connectivity index (χ1n) is 22.4. The van der Waals surface area contributed by atoms with E-state index in [1.165, 1.54) is 14.2 Å². The van der Waals surface area contributed by atoms with Crippen molar-refractivity contribution in [3.63, 3.8) is 0 Å². The number of carbonyl (C=O) groups excluding carboxylic acids is 5. The van der Waals surface area contributed by atoms with Gasteiger partial charge in [-0.1, -0.05) is 92.1 Å². The van der Waals surface area contributed by atoms with E-state index >= 15 is 0 Å². The van der Waals surface area contributed by atoms with Crippen molar-refractivity contribution in [2.45, 2.75) is 149 Å². The second-order valence-corrected chi connectivity index (χ2v) is 17.7. The van der Waals surface area contributed by atoms with Crippen molar-refractivity contribution >= 4 is 41.5 Å². The van der Waals surface area contributed by atoms with Crippen LogP contribution in [0.5, 0.6) is 0 Å². The highest BCUT2D eigenvalue weighted by atomic mass is 16.5. The highest BCUT2D eigenvalue weighted by molar-refractivity contribution is 5.92. The number of hydrogen-bond acceptors (Lipinski definition) is 10. The molecule has 1 fully saturated rings. The van der Waals surface area contributed by atoms with Gasteiger partial charge in [-0.3, -0.25) is 33.7 Å². The number of benzene rings is 1. The fourth-order valence-electron chi connectivity index (χ4n) is 8.65. The Morgan fingerprint density at radius 3 is 1.95 bits per heavy atom. The quantitative estimate of drug-likeness (QED) is 0.0860. The molecule has 63 heavy (non-hydrogen) atoms. The summed E-state index contributed by atoms with van der Waals surface area (Å²) in [6, 6.07) is 3.84. The summed E-state index contributed by atoms with van der Waals surface area (Å²) in [5, 5.41) is 27.0. The lowest BCUT2D eigenvalue weighted by Crippen LogP contribution is -2.60. The van der Waals surface area contributed by atoms with E-state index in [9.17, 15) is 38.7 Å². The van der Waals surface area contributed by atoms with Crippen LogP contribution in [0.25, 0.3) is 0 Å². The van der Waals surface area contributed by atoms with Gasteiger partial charge in [0.25, 0.3) is 0 Å². The molecular weight excluding hydrogens is 813 g/mol. The summed E-state index contributed by atoms with van der Waals surface area (Å²) < 4.78 is 12.0. The Morgan fingerprint density at radius 1 is 0.825 bits per heavy atom. The Morgan fingerprint density at radius 2 is 1.44 bits per heavy atom. The van der Waals surface area contributed by atoms with Crippen LogP contribution in [0, 0.1) is 23.7 Å². The maximum absolute atomic E-state index is 14.4. The van der Waals surface area contributed by atoms with Crippen LogP contribution in [0.2, 0.25) is 0 Å². The lowest BCUT2D eigenvalue weighted by atomic mass is 9.89. The SMILES string of the molecule is CC[C@H](C)[C@@H]([C@@H](CC(=O)N1CCC[C@H]1[C@H](OC)[C@@H](C)C(=O)N[C@@H](Cc1ccccc1)C(=O)NC(CCC(=O)O)C(=O)O)OC)N(C)C(=O)[C@@H](NC(=O)[C@H](C(C)C)N(C)CC)C(C)C. The molecule has 0 spiro atoms. The summed E-state index contributed by atoms with van der Waals surface area (Å²) in [5.74, 6) is -5.92. The molecule has 0 saturated carbocycles. The average Bonchev–Trinajstić information content (AvgIpc) is 3.73. The van der Waals surface area contributed by atoms with Crippen LogP contribution in [0.3, 0.4) is 0 Å². The highest BCUT2D eigenvalue weighted by Crippen LogP contribution is 2.30. The summed E-state index contributed by atoms with van der Waals surface area (Å²) in [6.45, 7) is 16.4. The summed E-state index contributed by atoms with van der Waals surface area (Å²) in [6.07, 6.45) is -0.547. The predicted octanol–water partition coefficient (Wildman–Crippen LogP) is 3.19. The lowest BCUT2D eigenvalue weighted by Gasteiger charge is -2.41. The standard InChI is InChI=1S/C46H76N6O11/c1-13-29(7)40(51(10)45(59)38(27(3)4)49-44(58)39(28(5)6)50(9)14-2)35(62-11)26-36(53)52-24-18-21-34(52)41(63-12)30(8)42(56)48-33(25-31-19-16-15-17-20-31)43(57)47-32(46(60)61)22-23-37(54)55/h15-17,19-20,27-30,32-35,38-41H,13-14,18,21-26H2,1-12H3,(H,47,57)(H,48,56)(H,49,58)(H,54,55)(H,60,61)/t29-,30+,32?,33-,34-,35+,38-,39-,40-,41+/m0/s1. The van der Waals surface area contributed by atoms with Crippen molar-refractivity contribution in [3.8, 4) is 0 Å². The predicted molar refractivity (Wildman–Crippen MR) is 238 cm³/mol. The molecule has 1 aliphatic heterocycles. The smallest absolute Gasteiger partial charge is 0.326 e. The molecule has 17 nitrogen and oxygen atoms in total. The van der Waals surface area contributed by atoms with Crippen molar-refractivity contribution in [2.75, 3.05) is 41.4 Å². The second kappa shape index (κ2) is 26.2. The molecule has 1 heterocycles. The Hall–Kier alpha value is -4.61. The molecule has 1 aromatic rings. The van der Waals surface area contributed by atoms with E-state index in [1.807, 2.05) is 60.4 Å². The van der Waals surface area contributed by atoms with Gasteiger partial charge in [-0.15, -0.1) is 0 Å². The van der Waals surface area contributed by atoms with Gasteiger partial charge >= 0.3 is 11.9 Å². The number of amides is 5. The molecule has 17 heteroatoms. The Balaban J connectivity index is 2.35. The molecule has 0 aromatic heterocycles. The van der Waals surface area contributed by atoms with E-state index in [-0.39, 0.29) is 54.7 Å². The minimum Gasteiger partial charge on any atom is -0.481 e. The first kappa shape index (κ1) is 54.5. The Bertz CT molecular complexity index is 1660. The number of likely N-dealkylation sites (tertiary alicyclic amines) is 1. The van der Waals surface area contributed by atoms with E-state index < -0.39 is 84.6 Å². The molecule has 0 aliphatic carbocycles. The molecule has 356 valence electrons. The average molecular weight is 889 g/mol. The van der Waals surface area contributed by atoms with Gasteiger partial charge in [-0.05, 0) is 56.2 Å². The van der Waals surface area contributed by atoms with Crippen LogP contribution in [0.4, 0.5) is 0 Å². The Labute approximate surface area is 374 Å². The van der Waals surface area contributed by atoms with Gasteiger partial charge in [0.1, 0.15) is 18.1 Å². The number of likely N-dealkylation sites (N-methyl/N-ethyl adjacent to an activating group) is 2. The van der Waals surface area contributed by atoms with E-state index in [4.69, 9.17) is 14.6 Å². The third-order valence-corrected chi connectivity index (χ3v) is 12.5. The minimum atomic E-state index is -1.49. The van der Waals surface area contributed by atoms with Crippen LogP contribution in [-0.2, 0) is 49.5 Å². The van der Waals surface area contributed by atoms with Crippen molar-refractivity contribution in [1.29, 1.82) is 0 Å². The zero-order valence-corrected chi connectivity index (χ0v) is 39.6. The van der Waals surface area contributed by atoms with Crippen LogP contribution in [0.1, 0.15) is 99.5 Å². The number of carboxylic acids is 2. The third kappa shape index (κ3) is 15.6. The number of aliphatic carboxylic acids is 2. The minimum absolute atomic E-state index is 0.0107. The lowest BCUT2D eigenvalue weighted by molar-refractivity contribution is -0.148. The molecule has 1 aliphatic rings. The molecule has 1 unspecified atom stereocenters. The first-order valence-corrected chi connectivity index (χ1v) is 22.4. The number of carbonyl (C=O) groups is 7. The van der Waals surface area contributed by atoms with Crippen molar-refractivity contribution in [2.24, 2.45) is 23.7 Å². The van der Waals surface area contributed by atoms with E-state index in [0.29, 0.717) is 37.9 Å². The number of ether oxygens (including phenoxy) is 2. The number of hydrogen-bond donors (Lipinski definition) is 5. The number of nitrogens with one attached hydrogen (secondary N) is 3. The van der Waals surface area contributed by atoms with Crippen LogP contribution < -0.4 is 16.0 Å². The second-order valence-electron chi connectivity index (χ2n) is 17.7. The van der Waals surface area contributed by atoms with Crippen LogP contribution >= 0.6 is 0 Å². The van der Waals surface area contributed by atoms with Gasteiger partial charge in [0.05, 0.1) is 42.7 Å². The summed E-state index contributed by atoms with van der Waals surface area (Å²) in [4.78, 5) is 98.3. The zero-order valence-electron chi connectivity index (χ0n) is 39.6. The fourth-order valence-corrected chi connectivity index (χ4v) is 8.65. The van der Waals surface area contributed by atoms with E-state index in [2.05, 4.69) is 16.0 Å². The monoisotopic (exact) mass is 889 g/mol. The maximum atomic E-state index is 14.4. The molecule has 5 amide bonds. The molecule has 1 aromatic carbocycles. The maximum Gasteiger partial charge on any atom is 0.326 e. The van der Waals surface area contributed by atoms with Gasteiger partial charge in [-0.2, -0.15) is 0 Å². The van der Waals surface area contributed by atoms with Crippen molar-refractivity contribution in [3.05, 3.63) is 35.9 Å². The highest BCUT2D eigenvalue weighted by Gasteiger charge is 2.44. The van der Waals surface area contributed by atoms with Crippen molar-refractivity contribution in [1.82, 2.24) is 30.7 Å². The Kier molecular flexibility index (Phi) is 22.7. The van der Waals surface area contributed by atoms with Crippen LogP contribution in [0.15, 0.2) is 30.3 Å². The molecule has 0 bridgehead atoms. The van der Waals surface area contributed by atoms with Crippen molar-refractivity contribution < 1.29 is 53.2 Å². The summed E-state index contributed by atoms with van der Waals surface area (Å²) >= 11 is 0. The van der Waals surface area contributed by atoms with E-state index in [1.54, 1.807) is 54.1 Å². The van der Waals surface area contributed by atoms with E-state index in [0.717, 1.165) is 0 Å². The molecule has 10 atom stereocenters. The zero-order chi connectivity index (χ0) is 47.7. The van der Waals surface area contributed by atoms with Gasteiger partial charge in [-0.25, -0.2) is 4.79 Å². The number of carboxylic acid groups (broad SMARTS) is 2. The number of rotatable bonds is 27. The number of methoxy groups -OCH3 is 2. The van der Waals surface area contributed by atoms with Crippen LogP contribution in [-0.4, -0.2) is 156 Å². The first-order chi connectivity index (χ1) is 29.6. The fraction of sp³-hybridized carbons (Fsp3) is 0.717. The molecule has 5 N–H and O–H groups in total. The van der Waals surface area contributed by atoms with Gasteiger partial charge in [0.2, 0.25) is 29.5 Å². The van der Waals surface area contributed by atoms with Gasteiger partial charge in [0.15, 0.2) is 0 Å².